The number of nitriles is 1. The van der Waals surface area contributed by atoms with E-state index in [0.29, 0.717) is 34.3 Å². The van der Waals surface area contributed by atoms with Gasteiger partial charge in [-0.25, -0.2) is 19.3 Å². The number of aromatic amines is 1. The molecule has 0 spiro atoms. The van der Waals surface area contributed by atoms with Crippen LogP contribution in [0, 0.1) is 11.3 Å². The molecule has 12 heteroatoms. The van der Waals surface area contributed by atoms with Crippen LogP contribution < -0.4 is 10.6 Å². The van der Waals surface area contributed by atoms with Gasteiger partial charge in [-0.1, -0.05) is 42.5 Å². The number of nitrogens with zero attached hydrogens (tertiary/aromatic N) is 5. The Labute approximate surface area is 251 Å². The number of methoxy groups -OCH3 is 1. The van der Waals surface area contributed by atoms with E-state index in [1.165, 1.54) is 28.7 Å². The number of H-pyrrole nitrogens is 1. The van der Waals surface area contributed by atoms with E-state index < -0.39 is 29.4 Å². The summed E-state index contributed by atoms with van der Waals surface area (Å²) in [6, 6.07) is 20.6. The van der Waals surface area contributed by atoms with Crippen molar-refractivity contribution in [3.8, 4) is 6.07 Å². The quantitative estimate of drug-likeness (QED) is 0.223. The van der Waals surface area contributed by atoms with Crippen molar-refractivity contribution >= 4 is 17.6 Å². The van der Waals surface area contributed by atoms with Crippen molar-refractivity contribution in [1.29, 1.82) is 5.26 Å². The van der Waals surface area contributed by atoms with Crippen LogP contribution in [0.15, 0.2) is 88.9 Å². The number of hydrogen-bond acceptors (Lipinski definition) is 6. The van der Waals surface area contributed by atoms with Crippen LogP contribution in [0.4, 0.5) is 24.8 Å². The van der Waals surface area contributed by atoms with E-state index in [-0.39, 0.29) is 22.9 Å². The maximum atomic E-state index is 13.6. The zero-order valence-corrected chi connectivity index (χ0v) is 24.5. The second-order valence-electron chi connectivity index (χ2n) is 11.2. The molecule has 0 amide bonds. The lowest BCUT2D eigenvalue weighted by Gasteiger charge is -2.37. The molecule has 0 saturated heterocycles. The number of aromatic nitrogens is 3. The van der Waals surface area contributed by atoms with Crippen LogP contribution in [-0.2, 0) is 28.8 Å². The van der Waals surface area contributed by atoms with E-state index in [4.69, 9.17) is 4.74 Å². The zero-order chi connectivity index (χ0) is 31.8. The molecular weight excluding hydrogens is 573 g/mol. The van der Waals surface area contributed by atoms with Crippen LogP contribution >= 0.6 is 0 Å². The van der Waals surface area contributed by atoms with Gasteiger partial charge in [0.2, 0.25) is 5.95 Å². The molecule has 0 fully saturated rings. The van der Waals surface area contributed by atoms with Gasteiger partial charge in [0.25, 0.3) is 0 Å². The monoisotopic (exact) mass is 603 g/mol. The highest BCUT2D eigenvalue weighted by Gasteiger charge is 2.41. The maximum absolute atomic E-state index is 13.6. The number of anilines is 2. The van der Waals surface area contributed by atoms with Gasteiger partial charge in [0.1, 0.15) is 19.1 Å². The zero-order valence-electron chi connectivity index (χ0n) is 24.5. The van der Waals surface area contributed by atoms with Gasteiger partial charge in [-0.2, -0.15) is 18.4 Å². The fourth-order valence-electron chi connectivity index (χ4n) is 5.75. The normalized spacial score (nSPS) is 15.1. The van der Waals surface area contributed by atoms with Gasteiger partial charge in [0, 0.05) is 22.5 Å². The number of ether oxygens (including phenoxy) is 1. The number of carbonyl (C=O) groups excluding carboxylic acids is 1. The van der Waals surface area contributed by atoms with Crippen molar-refractivity contribution in [2.45, 2.75) is 32.2 Å². The van der Waals surface area contributed by atoms with Gasteiger partial charge in [0.05, 0.1) is 44.0 Å². The van der Waals surface area contributed by atoms with E-state index in [0.717, 1.165) is 17.7 Å². The third-order valence-electron chi connectivity index (χ3n) is 7.60. The molecule has 1 atom stereocenters. The van der Waals surface area contributed by atoms with Crippen LogP contribution in [-0.4, -0.2) is 46.4 Å². The lowest BCUT2D eigenvalue weighted by Crippen LogP contribution is -2.40. The number of hydrogen-bond donors (Lipinski definition) is 1. The summed E-state index contributed by atoms with van der Waals surface area (Å²) in [5, 5.41) is 16.3. The molecule has 2 heterocycles. The first-order chi connectivity index (χ1) is 20.8. The van der Waals surface area contributed by atoms with Gasteiger partial charge >= 0.3 is 17.8 Å². The van der Waals surface area contributed by atoms with Crippen molar-refractivity contribution in [3.63, 3.8) is 0 Å². The van der Waals surface area contributed by atoms with Gasteiger partial charge in [-0.3, -0.25) is 4.90 Å². The first kappa shape index (κ1) is 30.3. The number of quaternary nitrogens is 1. The molecule has 226 valence electrons. The highest BCUT2D eigenvalue weighted by molar-refractivity contribution is 5.93. The molecule has 1 unspecified atom stereocenters. The first-order valence-electron chi connectivity index (χ1n) is 13.7. The standard InChI is InChI=1S/C32H29F3N6O3/c1-20-27(29(42)44-4)28(40-30(37-38-31(40)43)39(20)25-12-8-11-24(16-25)32(33,34)35)26-14-13-22(17-36)15-23(26)19-41(2,3)18-21-9-6-5-7-10-21/h5-16,28H,18-19H2,1-4H3/p+1. The highest BCUT2D eigenvalue weighted by atomic mass is 19.4. The first-order valence-corrected chi connectivity index (χ1v) is 13.7. The second kappa shape index (κ2) is 11.5. The summed E-state index contributed by atoms with van der Waals surface area (Å²) < 4.78 is 47.8. The van der Waals surface area contributed by atoms with Crippen molar-refractivity contribution in [2.24, 2.45) is 0 Å². The van der Waals surface area contributed by atoms with E-state index in [9.17, 15) is 28.0 Å². The second-order valence-corrected chi connectivity index (χ2v) is 11.2. The number of rotatable bonds is 7. The van der Waals surface area contributed by atoms with Crippen LogP contribution in [0.25, 0.3) is 0 Å². The molecule has 9 nitrogen and oxygen atoms in total. The van der Waals surface area contributed by atoms with E-state index in [1.54, 1.807) is 25.1 Å². The summed E-state index contributed by atoms with van der Waals surface area (Å²) in [4.78, 5) is 28.2. The molecule has 1 N–H and O–H groups in total. The lowest BCUT2D eigenvalue weighted by atomic mass is 9.89. The molecule has 5 rings (SSSR count). The third kappa shape index (κ3) is 5.74. The van der Waals surface area contributed by atoms with Crippen LogP contribution in [0.3, 0.4) is 0 Å². The predicted molar refractivity (Wildman–Crippen MR) is 156 cm³/mol. The highest BCUT2D eigenvalue weighted by Crippen LogP contribution is 2.44. The minimum Gasteiger partial charge on any atom is -0.466 e. The molecule has 0 saturated carbocycles. The Morgan fingerprint density at radius 2 is 1.80 bits per heavy atom. The molecule has 3 aromatic carbocycles. The summed E-state index contributed by atoms with van der Waals surface area (Å²) >= 11 is 0. The molecular formula is C32H30F3N6O3+. The molecule has 0 radical (unpaired) electrons. The maximum Gasteiger partial charge on any atom is 0.416 e. The number of benzene rings is 3. The molecule has 4 aromatic rings. The minimum absolute atomic E-state index is 0.00202. The molecule has 0 aliphatic carbocycles. The lowest BCUT2D eigenvalue weighted by molar-refractivity contribution is -0.916. The Bertz CT molecular complexity index is 1850. The fourth-order valence-corrected chi connectivity index (χ4v) is 5.75. The van der Waals surface area contributed by atoms with Gasteiger partial charge in [-0.05, 0) is 42.8 Å². The predicted octanol–water partition coefficient (Wildman–Crippen LogP) is 5.43. The molecule has 1 aliphatic heterocycles. The molecule has 1 aliphatic rings. The van der Waals surface area contributed by atoms with Crippen molar-refractivity contribution in [3.05, 3.63) is 122 Å². The molecule has 0 bridgehead atoms. The van der Waals surface area contributed by atoms with Crippen LogP contribution in [0.5, 0.6) is 0 Å². The van der Waals surface area contributed by atoms with Gasteiger partial charge in [0.15, 0.2) is 0 Å². The molecule has 1 aromatic heterocycles. The number of esters is 1. The Hall–Kier alpha value is -5.15. The number of nitrogens with one attached hydrogen (secondary N) is 1. The van der Waals surface area contributed by atoms with Gasteiger partial charge in [-0.15, -0.1) is 5.10 Å². The fraction of sp³-hybridized carbons (Fsp3) is 0.250. The van der Waals surface area contributed by atoms with Gasteiger partial charge < -0.3 is 9.22 Å². The summed E-state index contributed by atoms with van der Waals surface area (Å²) in [7, 11) is 5.26. The average molecular weight is 604 g/mol. The van der Waals surface area contributed by atoms with E-state index in [2.05, 4.69) is 16.3 Å². The summed E-state index contributed by atoms with van der Waals surface area (Å²) in [6.07, 6.45) is -4.62. The topological polar surface area (TPSA) is 104 Å². The Kier molecular flexibility index (Phi) is 7.92. The van der Waals surface area contributed by atoms with Crippen LogP contribution in [0.1, 0.15) is 40.8 Å². The van der Waals surface area contributed by atoms with Crippen molar-refractivity contribution in [1.82, 2.24) is 14.8 Å². The summed E-state index contributed by atoms with van der Waals surface area (Å²) in [5.74, 6) is -0.769. The largest absolute Gasteiger partial charge is 0.466 e. The summed E-state index contributed by atoms with van der Waals surface area (Å²) in [6.45, 7) is 2.64. The third-order valence-corrected chi connectivity index (χ3v) is 7.60. The number of carbonyl (C=O) groups is 1. The Morgan fingerprint density at radius 3 is 2.45 bits per heavy atom. The number of alkyl halides is 3. The number of halogens is 3. The van der Waals surface area contributed by atoms with Crippen molar-refractivity contribution in [2.75, 3.05) is 26.1 Å². The number of allylic oxidation sites excluding steroid dienone is 1. The van der Waals surface area contributed by atoms with E-state index in [1.807, 2.05) is 44.4 Å². The summed E-state index contributed by atoms with van der Waals surface area (Å²) in [5.41, 5.74) is 1.51. The number of fused-ring (bicyclic) bond motifs is 1. The Morgan fingerprint density at radius 1 is 1.07 bits per heavy atom. The van der Waals surface area contributed by atoms with Crippen LogP contribution in [0.2, 0.25) is 0 Å². The van der Waals surface area contributed by atoms with E-state index >= 15 is 0 Å². The van der Waals surface area contributed by atoms with Crippen molar-refractivity contribution < 1.29 is 27.2 Å². The average Bonchev–Trinajstić information content (AvgIpc) is 3.36. The SMILES string of the molecule is COC(=O)C1=C(C)N(c2cccc(C(F)(F)F)c2)c2n[nH]c(=O)n2C1c1ccc(C#N)cc1C[N+](C)(C)Cc1ccccc1. The minimum atomic E-state index is -4.62. The molecule has 44 heavy (non-hydrogen) atoms. The Balaban J connectivity index is 1.71. The smallest absolute Gasteiger partial charge is 0.416 e.